The van der Waals surface area contributed by atoms with E-state index in [0.29, 0.717) is 11.8 Å². The van der Waals surface area contributed by atoms with Crippen LogP contribution in [0.4, 0.5) is 0 Å². The Hall–Kier alpha value is -0.380. The first-order chi connectivity index (χ1) is 5.30. The largest absolute Gasteiger partial charge is 0.172 e. The number of hydrogen-bond acceptors (Lipinski definition) is 2. The molecule has 0 saturated heterocycles. The van der Waals surface area contributed by atoms with Crippen LogP contribution in [0.15, 0.2) is 12.7 Å². The van der Waals surface area contributed by atoms with Crippen molar-refractivity contribution in [1.29, 1.82) is 0 Å². The highest BCUT2D eigenvalue weighted by Crippen LogP contribution is 2.19. The molecular weight excluding hydrogens is 150 g/mol. The van der Waals surface area contributed by atoms with Crippen LogP contribution >= 0.6 is 0 Å². The molecule has 0 rings (SSSR count). The second-order valence-corrected chi connectivity index (χ2v) is 4.05. The summed E-state index contributed by atoms with van der Waals surface area (Å²) in [5.74, 6) is 12.6. The van der Waals surface area contributed by atoms with Crippen LogP contribution in [0.2, 0.25) is 0 Å². The van der Waals surface area contributed by atoms with Gasteiger partial charge in [-0.1, -0.05) is 27.4 Å². The molecule has 0 heterocycles. The van der Waals surface area contributed by atoms with Gasteiger partial charge in [0, 0.05) is 5.92 Å². The van der Waals surface area contributed by atoms with Crippen LogP contribution < -0.4 is 11.7 Å². The van der Waals surface area contributed by atoms with Crippen molar-refractivity contribution in [1.82, 2.24) is 0 Å². The van der Waals surface area contributed by atoms with Gasteiger partial charge < -0.3 is 0 Å². The quantitative estimate of drug-likeness (QED) is 0.288. The fourth-order valence-electron chi connectivity index (χ4n) is 1.34. The summed E-state index contributed by atoms with van der Waals surface area (Å²) >= 11 is 0. The Morgan fingerprint density at radius 3 is 1.75 bits per heavy atom. The minimum absolute atomic E-state index is 0.0250. The molecule has 2 atom stereocenters. The topological polar surface area (TPSA) is 52.0 Å². The minimum atomic E-state index is -0.0250. The van der Waals surface area contributed by atoms with Crippen molar-refractivity contribution < 1.29 is 4.70 Å². The third kappa shape index (κ3) is 2.93. The predicted molar refractivity (Wildman–Crippen MR) is 52.5 cm³/mol. The first-order valence-electron chi connectivity index (χ1n) is 4.36. The van der Waals surface area contributed by atoms with Gasteiger partial charge in [0.25, 0.3) is 0 Å². The van der Waals surface area contributed by atoms with Crippen LogP contribution in [0.1, 0.15) is 20.8 Å². The zero-order valence-corrected chi connectivity index (χ0v) is 8.62. The first-order valence-corrected chi connectivity index (χ1v) is 4.36. The minimum Gasteiger partial charge on any atom is -0.172 e. The Kier molecular flexibility index (Phi) is 3.90. The Morgan fingerprint density at radius 2 is 1.67 bits per heavy atom. The van der Waals surface area contributed by atoms with E-state index in [1.165, 1.54) is 0 Å². The van der Waals surface area contributed by atoms with Gasteiger partial charge in [-0.3, -0.25) is 0 Å². The van der Waals surface area contributed by atoms with Gasteiger partial charge in [0.05, 0.1) is 0 Å². The Labute approximate surface area is 75.6 Å². The van der Waals surface area contributed by atoms with E-state index in [0.717, 1.165) is 0 Å². The Balaban J connectivity index is 4.45. The molecule has 12 heavy (non-hydrogen) atoms. The normalized spacial score (nSPS) is 17.6. The molecule has 0 amide bonds. The predicted octanol–water partition coefficient (Wildman–Crippen LogP) is 1.03. The number of rotatable bonds is 4. The lowest BCUT2D eigenvalue weighted by atomic mass is 9.90. The van der Waals surface area contributed by atoms with Crippen molar-refractivity contribution in [2.24, 2.45) is 23.5 Å². The molecular formula is C9H22N3+. The van der Waals surface area contributed by atoms with E-state index in [-0.39, 0.29) is 10.7 Å². The number of hydrogen-bond donors (Lipinski definition) is 2. The highest BCUT2D eigenvalue weighted by molar-refractivity contribution is 4.84. The molecule has 0 aliphatic rings. The van der Waals surface area contributed by atoms with E-state index in [1.54, 1.807) is 7.05 Å². The summed E-state index contributed by atoms with van der Waals surface area (Å²) < 4.78 is -0.0250. The van der Waals surface area contributed by atoms with Gasteiger partial charge in [-0.15, -0.1) is 0 Å². The van der Waals surface area contributed by atoms with Crippen molar-refractivity contribution in [3.05, 3.63) is 12.7 Å². The number of nitrogens with zero attached hydrogens (tertiary/aromatic N) is 1. The molecule has 3 nitrogen and oxygen atoms in total. The van der Waals surface area contributed by atoms with Crippen molar-refractivity contribution in [3.8, 4) is 0 Å². The van der Waals surface area contributed by atoms with E-state index in [2.05, 4.69) is 27.4 Å². The fourth-order valence-corrected chi connectivity index (χ4v) is 1.34. The smallest absolute Gasteiger partial charge is 0.145 e. The second kappa shape index (κ2) is 4.03. The van der Waals surface area contributed by atoms with Gasteiger partial charge in [-0.05, 0) is 12.0 Å². The van der Waals surface area contributed by atoms with Crippen LogP contribution in [-0.2, 0) is 0 Å². The molecule has 0 aliphatic heterocycles. The number of likely N-dealkylation sites (N-methyl/N-ethyl adjacent to an activating group) is 1. The van der Waals surface area contributed by atoms with Crippen molar-refractivity contribution in [2.45, 2.75) is 26.8 Å². The van der Waals surface area contributed by atoms with E-state index in [4.69, 9.17) is 11.7 Å². The molecule has 72 valence electrons. The Morgan fingerprint density at radius 1 is 1.25 bits per heavy atom. The zero-order chi connectivity index (χ0) is 9.94. The maximum atomic E-state index is 5.77. The van der Waals surface area contributed by atoms with Crippen molar-refractivity contribution in [2.75, 3.05) is 7.05 Å². The lowest BCUT2D eigenvalue weighted by molar-refractivity contribution is -0.954. The monoisotopic (exact) mass is 172 g/mol. The molecule has 4 N–H and O–H groups in total. The fraction of sp³-hybridized carbons (Fsp3) is 0.778. The highest BCUT2D eigenvalue weighted by atomic mass is 15.7. The second-order valence-electron chi connectivity index (χ2n) is 4.05. The molecule has 0 fully saturated rings. The van der Waals surface area contributed by atoms with E-state index in [9.17, 15) is 0 Å². The standard InChI is InChI=1S/C9H22N3/c1-6-9(12(5,10)11)8(4)7(2)3/h6-9H,1,10-11H2,2-5H3/q+1. The van der Waals surface area contributed by atoms with E-state index >= 15 is 0 Å². The van der Waals surface area contributed by atoms with Gasteiger partial charge in [0.1, 0.15) is 13.1 Å². The molecule has 0 aromatic carbocycles. The van der Waals surface area contributed by atoms with Crippen LogP contribution in [0, 0.1) is 11.8 Å². The summed E-state index contributed by atoms with van der Waals surface area (Å²) in [4.78, 5) is 0. The van der Waals surface area contributed by atoms with Crippen molar-refractivity contribution in [3.63, 3.8) is 0 Å². The average Bonchev–Trinajstić information content (AvgIpc) is 1.85. The van der Waals surface area contributed by atoms with Crippen LogP contribution in [-0.4, -0.2) is 17.8 Å². The molecule has 0 spiro atoms. The van der Waals surface area contributed by atoms with Crippen LogP contribution in [0.3, 0.4) is 0 Å². The highest BCUT2D eigenvalue weighted by Gasteiger charge is 2.30. The summed E-state index contributed by atoms with van der Waals surface area (Å²) in [6.07, 6.45) is 1.84. The number of quaternary nitrogens is 1. The average molecular weight is 172 g/mol. The molecule has 0 aliphatic carbocycles. The maximum Gasteiger partial charge on any atom is 0.145 e. The summed E-state index contributed by atoms with van der Waals surface area (Å²) in [6.45, 7) is 10.2. The third-order valence-electron chi connectivity index (χ3n) is 2.47. The molecule has 0 aromatic rings. The van der Waals surface area contributed by atoms with Gasteiger partial charge in [-0.25, -0.2) is 0 Å². The Bertz CT molecular complexity index is 146. The molecule has 0 aromatic heterocycles. The first kappa shape index (κ1) is 11.6. The molecule has 3 heteroatoms. The summed E-state index contributed by atoms with van der Waals surface area (Å²) in [6, 6.07) is 0.116. The maximum absolute atomic E-state index is 5.77. The van der Waals surface area contributed by atoms with Crippen LogP contribution in [0.25, 0.3) is 0 Å². The van der Waals surface area contributed by atoms with Crippen molar-refractivity contribution >= 4 is 0 Å². The lowest BCUT2D eigenvalue weighted by Gasteiger charge is -2.34. The van der Waals surface area contributed by atoms with Crippen LogP contribution in [0.5, 0.6) is 0 Å². The van der Waals surface area contributed by atoms with Gasteiger partial charge in [-0.2, -0.15) is 16.4 Å². The molecule has 2 unspecified atom stereocenters. The lowest BCUT2D eigenvalue weighted by Crippen LogP contribution is -2.65. The summed E-state index contributed by atoms with van der Waals surface area (Å²) in [5, 5.41) is 0. The van der Waals surface area contributed by atoms with Gasteiger partial charge >= 0.3 is 0 Å². The van der Waals surface area contributed by atoms with Gasteiger partial charge in [0.2, 0.25) is 0 Å². The zero-order valence-electron chi connectivity index (χ0n) is 8.62. The SMILES string of the molecule is C=CC(C(C)C(C)C)[N+](C)(N)N. The molecule has 0 bridgehead atoms. The summed E-state index contributed by atoms with van der Waals surface area (Å²) in [5.41, 5.74) is 0. The third-order valence-corrected chi connectivity index (χ3v) is 2.47. The summed E-state index contributed by atoms with van der Waals surface area (Å²) in [7, 11) is 1.78. The van der Waals surface area contributed by atoms with E-state index in [1.807, 2.05) is 6.08 Å². The molecule has 0 radical (unpaired) electrons. The van der Waals surface area contributed by atoms with Gasteiger partial charge in [0.15, 0.2) is 0 Å². The molecule has 0 saturated carbocycles. The number of nitrogens with two attached hydrogens (primary N) is 2. The van der Waals surface area contributed by atoms with E-state index < -0.39 is 0 Å².